The van der Waals surface area contributed by atoms with E-state index in [0.717, 1.165) is 0 Å². The summed E-state index contributed by atoms with van der Waals surface area (Å²) in [6.45, 7) is 0. The minimum atomic E-state index is 1.21. The fourth-order valence-corrected chi connectivity index (χ4v) is 9.47. The average molecular weight is 681 g/mol. The van der Waals surface area contributed by atoms with Gasteiger partial charge in [-0.25, -0.2) is 0 Å². The lowest BCUT2D eigenvalue weighted by Gasteiger charge is -2.19. The van der Waals surface area contributed by atoms with E-state index in [0.29, 0.717) is 0 Å². The van der Waals surface area contributed by atoms with E-state index >= 15 is 0 Å². The lowest BCUT2D eigenvalue weighted by atomic mass is 9.85. The normalized spacial score (nSPS) is 12.1. The Morgan fingerprint density at radius 3 is 1.30 bits per heavy atom. The summed E-state index contributed by atoms with van der Waals surface area (Å²) in [6.07, 6.45) is 0. The highest BCUT2D eigenvalue weighted by Crippen LogP contribution is 2.45. The topological polar surface area (TPSA) is 0 Å². The van der Waals surface area contributed by atoms with Crippen LogP contribution in [-0.4, -0.2) is 0 Å². The maximum atomic E-state index is 2.44. The molecule has 0 heteroatoms. The molecule has 248 valence electrons. The molecule has 12 aromatic carbocycles. The maximum Gasteiger partial charge on any atom is -0.00206 e. The third-order valence-corrected chi connectivity index (χ3v) is 12.0. The largest absolute Gasteiger partial charge is 0.0616 e. The van der Waals surface area contributed by atoms with Crippen molar-refractivity contribution in [3.63, 3.8) is 0 Å². The highest BCUT2D eigenvalue weighted by atomic mass is 14.2. The van der Waals surface area contributed by atoms with Crippen LogP contribution in [0.2, 0.25) is 0 Å². The summed E-state index contributed by atoms with van der Waals surface area (Å²) >= 11 is 0. The molecule has 0 saturated carbocycles. The van der Waals surface area contributed by atoms with Gasteiger partial charge in [-0.1, -0.05) is 182 Å². The minimum absolute atomic E-state index is 1.21. The molecule has 0 aliphatic carbocycles. The first-order valence-corrected chi connectivity index (χ1v) is 18.8. The molecule has 0 nitrogen and oxygen atoms in total. The van der Waals surface area contributed by atoms with Crippen molar-refractivity contribution in [2.75, 3.05) is 0 Å². The van der Waals surface area contributed by atoms with Crippen molar-refractivity contribution in [3.8, 4) is 44.5 Å². The molecular weight excluding hydrogens is 649 g/mol. The van der Waals surface area contributed by atoms with Gasteiger partial charge < -0.3 is 0 Å². The van der Waals surface area contributed by atoms with Crippen LogP contribution in [0.5, 0.6) is 0 Å². The molecule has 0 bridgehead atoms. The zero-order chi connectivity index (χ0) is 35.3. The number of benzene rings is 12. The van der Waals surface area contributed by atoms with Gasteiger partial charge in [-0.15, -0.1) is 0 Å². The maximum absolute atomic E-state index is 2.44. The highest BCUT2D eigenvalue weighted by molar-refractivity contribution is 6.27. The van der Waals surface area contributed by atoms with Gasteiger partial charge in [-0.3, -0.25) is 0 Å². The van der Waals surface area contributed by atoms with Gasteiger partial charge in [0.2, 0.25) is 0 Å². The van der Waals surface area contributed by atoms with Gasteiger partial charge in [0.25, 0.3) is 0 Å². The van der Waals surface area contributed by atoms with Crippen molar-refractivity contribution in [3.05, 3.63) is 194 Å². The highest BCUT2D eigenvalue weighted by Gasteiger charge is 2.18. The molecule has 0 aliphatic heterocycles. The minimum Gasteiger partial charge on any atom is -0.0616 e. The second-order valence-electron chi connectivity index (χ2n) is 14.8. The molecule has 0 spiro atoms. The second-order valence-corrected chi connectivity index (χ2v) is 14.8. The standard InChI is InChI=1S/C54H32/c1-2-15-43-33(7-1)8-6-16-44(43)42-25-27-46(50(32-42)47-28-22-39-20-18-35-10-4-12-37-24-30-49(47)54(39)52(35)37)41-14-5-13-40(31-41)45-26-21-38-19-17-34-9-3-11-36-23-29-48(45)53(38)51(34)36/h1-32H. The fourth-order valence-electron chi connectivity index (χ4n) is 9.47. The van der Waals surface area contributed by atoms with E-state index in [9.17, 15) is 0 Å². The van der Waals surface area contributed by atoms with E-state index in [1.54, 1.807) is 0 Å². The van der Waals surface area contributed by atoms with Crippen molar-refractivity contribution < 1.29 is 0 Å². The molecular formula is C54H32. The van der Waals surface area contributed by atoms with Crippen molar-refractivity contribution in [1.29, 1.82) is 0 Å². The summed E-state index contributed by atoms with van der Waals surface area (Å²) in [6, 6.07) is 72.5. The Morgan fingerprint density at radius 1 is 0.185 bits per heavy atom. The Balaban J connectivity index is 1.11. The van der Waals surface area contributed by atoms with Crippen molar-refractivity contribution >= 4 is 75.4 Å². The smallest absolute Gasteiger partial charge is 0.00206 e. The van der Waals surface area contributed by atoms with E-state index in [1.807, 2.05) is 0 Å². The third-order valence-electron chi connectivity index (χ3n) is 12.0. The molecule has 0 aliphatic rings. The molecule has 0 amide bonds. The first-order valence-electron chi connectivity index (χ1n) is 18.8. The van der Waals surface area contributed by atoms with E-state index < -0.39 is 0 Å². The summed E-state index contributed by atoms with van der Waals surface area (Å²) in [4.78, 5) is 0. The molecule has 0 aromatic heterocycles. The van der Waals surface area contributed by atoms with Gasteiger partial charge in [0.05, 0.1) is 0 Å². The van der Waals surface area contributed by atoms with Gasteiger partial charge in [-0.2, -0.15) is 0 Å². The van der Waals surface area contributed by atoms with Crippen LogP contribution in [0.25, 0.3) is 120 Å². The molecule has 0 heterocycles. The van der Waals surface area contributed by atoms with Gasteiger partial charge in [0.1, 0.15) is 0 Å². The van der Waals surface area contributed by atoms with E-state index in [2.05, 4.69) is 194 Å². The molecule has 0 unspecified atom stereocenters. The number of hydrogen-bond acceptors (Lipinski definition) is 0. The predicted octanol–water partition coefficient (Wildman–Crippen LogP) is 15.3. The third kappa shape index (κ3) is 4.26. The van der Waals surface area contributed by atoms with Gasteiger partial charge >= 0.3 is 0 Å². The van der Waals surface area contributed by atoms with Crippen molar-refractivity contribution in [2.24, 2.45) is 0 Å². The van der Waals surface area contributed by atoms with Crippen LogP contribution in [0.15, 0.2) is 194 Å². The molecule has 12 rings (SSSR count). The molecule has 12 aromatic rings. The Bertz CT molecular complexity index is 3400. The monoisotopic (exact) mass is 680 g/mol. The fraction of sp³-hybridized carbons (Fsp3) is 0. The number of rotatable bonds is 4. The predicted molar refractivity (Wildman–Crippen MR) is 233 cm³/mol. The lowest BCUT2D eigenvalue weighted by molar-refractivity contribution is 1.58. The van der Waals surface area contributed by atoms with E-state index in [1.165, 1.54) is 120 Å². The van der Waals surface area contributed by atoms with Crippen molar-refractivity contribution in [1.82, 2.24) is 0 Å². The Hall–Kier alpha value is -7.02. The lowest BCUT2D eigenvalue weighted by Crippen LogP contribution is -1.92. The van der Waals surface area contributed by atoms with E-state index in [-0.39, 0.29) is 0 Å². The van der Waals surface area contributed by atoms with Crippen LogP contribution >= 0.6 is 0 Å². The Kier molecular flexibility index (Phi) is 6.15. The Morgan fingerprint density at radius 2 is 0.611 bits per heavy atom. The van der Waals surface area contributed by atoms with Crippen molar-refractivity contribution in [2.45, 2.75) is 0 Å². The van der Waals surface area contributed by atoms with Gasteiger partial charge in [0, 0.05) is 0 Å². The summed E-state index contributed by atoms with van der Waals surface area (Å²) in [5, 5.41) is 18.2. The summed E-state index contributed by atoms with van der Waals surface area (Å²) in [5.74, 6) is 0. The molecule has 0 saturated heterocycles. The first-order chi connectivity index (χ1) is 26.8. The van der Waals surface area contributed by atoms with Crippen LogP contribution in [0.3, 0.4) is 0 Å². The summed E-state index contributed by atoms with van der Waals surface area (Å²) in [5.41, 5.74) is 9.90. The molecule has 54 heavy (non-hydrogen) atoms. The Labute approximate surface area is 312 Å². The SMILES string of the molecule is c1cc(-c2ccc(-c3cccc4ccccc34)cc2-c2ccc3ccc4cccc5ccc2c3c45)cc(-c2ccc3ccc4cccc5ccc2c3c45)c1. The second kappa shape index (κ2) is 11.2. The number of hydrogen-bond donors (Lipinski definition) is 0. The van der Waals surface area contributed by atoms with Gasteiger partial charge in [-0.05, 0) is 132 Å². The quantitative estimate of drug-likeness (QED) is 0.162. The van der Waals surface area contributed by atoms with Crippen LogP contribution in [-0.2, 0) is 0 Å². The van der Waals surface area contributed by atoms with Crippen LogP contribution < -0.4 is 0 Å². The molecule has 0 fully saturated rings. The molecule has 0 radical (unpaired) electrons. The first kappa shape index (κ1) is 29.5. The zero-order valence-electron chi connectivity index (χ0n) is 29.5. The number of fused-ring (bicyclic) bond motifs is 1. The zero-order valence-corrected chi connectivity index (χ0v) is 29.5. The summed E-state index contributed by atoms with van der Waals surface area (Å²) < 4.78 is 0. The summed E-state index contributed by atoms with van der Waals surface area (Å²) in [7, 11) is 0. The van der Waals surface area contributed by atoms with Crippen LogP contribution in [0.1, 0.15) is 0 Å². The molecule has 0 N–H and O–H groups in total. The average Bonchev–Trinajstić information content (AvgIpc) is 3.24. The van der Waals surface area contributed by atoms with Crippen LogP contribution in [0, 0.1) is 0 Å². The van der Waals surface area contributed by atoms with Crippen LogP contribution in [0.4, 0.5) is 0 Å². The molecule has 0 atom stereocenters. The van der Waals surface area contributed by atoms with Gasteiger partial charge in [0.15, 0.2) is 0 Å². The van der Waals surface area contributed by atoms with E-state index in [4.69, 9.17) is 0 Å².